The third-order valence-electron chi connectivity index (χ3n) is 7.73. The SMILES string of the molecule is N#Cc1ccncc1-c1cccc(-c2cccc(-n3c4ccccc4c4c5oc6ccccc6c5ccc43)c2)c1. The van der Waals surface area contributed by atoms with E-state index in [1.807, 2.05) is 24.3 Å². The number of nitriles is 1. The topological polar surface area (TPSA) is 54.8 Å². The zero-order chi connectivity index (χ0) is 26.6. The van der Waals surface area contributed by atoms with E-state index in [4.69, 9.17) is 4.42 Å². The van der Waals surface area contributed by atoms with Crippen LogP contribution in [0.2, 0.25) is 0 Å². The maximum Gasteiger partial charge on any atom is 0.145 e. The highest BCUT2D eigenvalue weighted by Crippen LogP contribution is 2.40. The summed E-state index contributed by atoms with van der Waals surface area (Å²) >= 11 is 0. The molecule has 0 radical (unpaired) electrons. The van der Waals surface area contributed by atoms with Gasteiger partial charge >= 0.3 is 0 Å². The second-order valence-electron chi connectivity index (χ2n) is 9.95. The molecule has 0 unspecified atom stereocenters. The zero-order valence-corrected chi connectivity index (χ0v) is 21.4. The van der Waals surface area contributed by atoms with Crippen LogP contribution in [0, 0.1) is 11.3 Å². The average Bonchev–Trinajstić information content (AvgIpc) is 3.57. The molecule has 0 aliphatic rings. The Hall–Kier alpha value is -5.66. The third-order valence-corrected chi connectivity index (χ3v) is 7.73. The van der Waals surface area contributed by atoms with Crippen LogP contribution in [-0.4, -0.2) is 9.55 Å². The second-order valence-corrected chi connectivity index (χ2v) is 9.95. The molecular weight excluding hydrogens is 490 g/mol. The molecule has 0 atom stereocenters. The van der Waals surface area contributed by atoms with Gasteiger partial charge in [-0.15, -0.1) is 0 Å². The van der Waals surface area contributed by atoms with Gasteiger partial charge in [0.15, 0.2) is 0 Å². The van der Waals surface area contributed by atoms with Crippen LogP contribution in [-0.2, 0) is 0 Å². The standard InChI is InChI=1S/C36H21N3O/c37-21-26-17-18-38-22-31(26)25-9-5-7-23(19-25)24-8-6-10-27(20-24)39-32-13-3-1-12-30(32)35-33(39)16-15-29-28-11-2-4-14-34(28)40-36(29)35/h1-20,22H. The predicted octanol–water partition coefficient (Wildman–Crippen LogP) is 9.28. The molecular formula is C36H21N3O. The fourth-order valence-electron chi connectivity index (χ4n) is 5.93. The van der Waals surface area contributed by atoms with E-state index in [2.05, 4.69) is 101 Å². The van der Waals surface area contributed by atoms with Crippen molar-refractivity contribution < 1.29 is 4.42 Å². The number of furan rings is 1. The highest BCUT2D eigenvalue weighted by atomic mass is 16.3. The summed E-state index contributed by atoms with van der Waals surface area (Å²) in [6.45, 7) is 0. The van der Waals surface area contributed by atoms with Gasteiger partial charge in [0.25, 0.3) is 0 Å². The van der Waals surface area contributed by atoms with E-state index in [0.29, 0.717) is 5.56 Å². The smallest absolute Gasteiger partial charge is 0.145 e. The fourth-order valence-corrected chi connectivity index (χ4v) is 5.93. The van der Waals surface area contributed by atoms with Crippen molar-refractivity contribution in [3.8, 4) is 34.0 Å². The number of benzene rings is 5. The maximum atomic E-state index is 9.60. The van der Waals surface area contributed by atoms with Crippen LogP contribution in [0.4, 0.5) is 0 Å². The van der Waals surface area contributed by atoms with Crippen molar-refractivity contribution in [1.82, 2.24) is 9.55 Å². The summed E-state index contributed by atoms with van der Waals surface area (Å²) in [6, 6.07) is 42.0. The van der Waals surface area contributed by atoms with E-state index < -0.39 is 0 Å². The number of rotatable bonds is 3. The summed E-state index contributed by atoms with van der Waals surface area (Å²) in [5, 5.41) is 14.1. The third kappa shape index (κ3) is 3.28. The van der Waals surface area contributed by atoms with Crippen molar-refractivity contribution in [2.45, 2.75) is 0 Å². The molecule has 5 aromatic carbocycles. The van der Waals surface area contributed by atoms with E-state index in [9.17, 15) is 5.26 Å². The molecule has 0 saturated carbocycles. The summed E-state index contributed by atoms with van der Waals surface area (Å²) in [7, 11) is 0. The molecule has 186 valence electrons. The molecule has 0 saturated heterocycles. The van der Waals surface area contributed by atoms with Crippen molar-refractivity contribution in [1.29, 1.82) is 5.26 Å². The Morgan fingerprint density at radius 2 is 1.43 bits per heavy atom. The summed E-state index contributed by atoms with van der Waals surface area (Å²) in [5.74, 6) is 0. The van der Waals surface area contributed by atoms with Crippen molar-refractivity contribution in [3.05, 3.63) is 133 Å². The van der Waals surface area contributed by atoms with Crippen molar-refractivity contribution in [3.63, 3.8) is 0 Å². The first kappa shape index (κ1) is 22.3. The summed E-state index contributed by atoms with van der Waals surface area (Å²) in [4.78, 5) is 4.25. The lowest BCUT2D eigenvalue weighted by Crippen LogP contribution is -1.94. The van der Waals surface area contributed by atoms with Gasteiger partial charge in [0, 0.05) is 39.8 Å². The minimum Gasteiger partial charge on any atom is -0.455 e. The van der Waals surface area contributed by atoms with Crippen molar-refractivity contribution >= 4 is 43.7 Å². The first-order chi connectivity index (χ1) is 19.8. The van der Waals surface area contributed by atoms with Crippen LogP contribution in [0.3, 0.4) is 0 Å². The van der Waals surface area contributed by atoms with E-state index in [1.54, 1.807) is 18.5 Å². The number of para-hydroxylation sites is 2. The van der Waals surface area contributed by atoms with Gasteiger partial charge < -0.3 is 8.98 Å². The molecule has 0 bridgehead atoms. The highest BCUT2D eigenvalue weighted by Gasteiger charge is 2.18. The molecule has 0 N–H and O–H groups in total. The fraction of sp³-hybridized carbons (Fsp3) is 0. The molecule has 0 aliphatic carbocycles. The average molecular weight is 512 g/mol. The minimum atomic E-state index is 0.614. The predicted molar refractivity (Wildman–Crippen MR) is 161 cm³/mol. The van der Waals surface area contributed by atoms with E-state index in [0.717, 1.165) is 71.7 Å². The first-order valence-corrected chi connectivity index (χ1v) is 13.2. The normalized spacial score (nSPS) is 11.5. The lowest BCUT2D eigenvalue weighted by Gasteiger charge is -2.11. The van der Waals surface area contributed by atoms with Crippen LogP contribution in [0.5, 0.6) is 0 Å². The van der Waals surface area contributed by atoms with Gasteiger partial charge in [-0.3, -0.25) is 4.98 Å². The molecule has 3 aromatic heterocycles. The Labute approximate surface area is 230 Å². The van der Waals surface area contributed by atoms with E-state index in [-0.39, 0.29) is 0 Å². The van der Waals surface area contributed by atoms with Gasteiger partial charge in [0.05, 0.1) is 28.1 Å². The second kappa shape index (κ2) is 8.69. The van der Waals surface area contributed by atoms with Crippen molar-refractivity contribution in [2.24, 2.45) is 0 Å². The number of hydrogen-bond donors (Lipinski definition) is 0. The zero-order valence-electron chi connectivity index (χ0n) is 21.4. The van der Waals surface area contributed by atoms with Crippen LogP contribution in [0.25, 0.3) is 71.7 Å². The maximum absolute atomic E-state index is 9.60. The van der Waals surface area contributed by atoms with Gasteiger partial charge in [-0.25, -0.2) is 0 Å². The summed E-state index contributed by atoms with van der Waals surface area (Å²) < 4.78 is 8.77. The molecule has 0 amide bonds. The van der Waals surface area contributed by atoms with Gasteiger partial charge in [0.2, 0.25) is 0 Å². The lowest BCUT2D eigenvalue weighted by molar-refractivity contribution is 0.673. The van der Waals surface area contributed by atoms with Gasteiger partial charge in [-0.2, -0.15) is 5.26 Å². The van der Waals surface area contributed by atoms with Crippen LogP contribution in [0.15, 0.2) is 132 Å². The molecule has 4 nitrogen and oxygen atoms in total. The molecule has 0 fully saturated rings. The van der Waals surface area contributed by atoms with Crippen molar-refractivity contribution in [2.75, 3.05) is 0 Å². The first-order valence-electron chi connectivity index (χ1n) is 13.2. The Bertz CT molecular complexity index is 2300. The van der Waals surface area contributed by atoms with Gasteiger partial charge in [-0.1, -0.05) is 66.7 Å². The van der Waals surface area contributed by atoms with Gasteiger partial charge in [-0.05, 0) is 65.2 Å². The molecule has 3 heterocycles. The van der Waals surface area contributed by atoms with E-state index >= 15 is 0 Å². The lowest BCUT2D eigenvalue weighted by atomic mass is 9.97. The Kier molecular flexibility index (Phi) is 4.85. The number of hydrogen-bond acceptors (Lipinski definition) is 3. The highest BCUT2D eigenvalue weighted by molar-refractivity contribution is 6.23. The number of nitrogens with zero attached hydrogens (tertiary/aromatic N) is 3. The number of fused-ring (bicyclic) bond motifs is 7. The van der Waals surface area contributed by atoms with Crippen LogP contribution < -0.4 is 0 Å². The van der Waals surface area contributed by atoms with Crippen LogP contribution >= 0.6 is 0 Å². The Morgan fingerprint density at radius 1 is 0.650 bits per heavy atom. The largest absolute Gasteiger partial charge is 0.455 e. The molecule has 0 aliphatic heterocycles. The quantitative estimate of drug-likeness (QED) is 0.237. The minimum absolute atomic E-state index is 0.614. The number of aromatic nitrogens is 2. The molecule has 8 rings (SSSR count). The molecule has 0 spiro atoms. The molecule has 40 heavy (non-hydrogen) atoms. The number of pyridine rings is 1. The van der Waals surface area contributed by atoms with Crippen LogP contribution in [0.1, 0.15) is 5.56 Å². The Balaban J connectivity index is 1.34. The monoisotopic (exact) mass is 511 g/mol. The summed E-state index contributed by atoms with van der Waals surface area (Å²) in [6.07, 6.45) is 3.41. The Morgan fingerprint density at radius 3 is 2.33 bits per heavy atom. The van der Waals surface area contributed by atoms with Gasteiger partial charge in [0.1, 0.15) is 11.2 Å². The molecule has 4 heteroatoms. The molecule has 8 aromatic rings. The summed E-state index contributed by atoms with van der Waals surface area (Å²) in [5.41, 5.74) is 9.71. The van der Waals surface area contributed by atoms with E-state index in [1.165, 1.54) is 0 Å².